The van der Waals surface area contributed by atoms with E-state index in [0.717, 1.165) is 51.4 Å². The number of carbonyl (C=O) groups excluding carboxylic acids is 2. The fourth-order valence-corrected chi connectivity index (χ4v) is 6.62. The maximum absolute atomic E-state index is 12.3. The molecule has 0 aromatic heterocycles. The van der Waals surface area contributed by atoms with E-state index in [-0.39, 0.29) is 18.5 Å². The highest BCUT2D eigenvalue weighted by atomic mass is 16.5. The number of unbranched alkanes of at least 4 members (excludes halogenated alkanes) is 24. The third-order valence-electron chi connectivity index (χ3n) is 10.2. The summed E-state index contributed by atoms with van der Waals surface area (Å²) < 4.78 is 5.43. The zero-order chi connectivity index (χ0) is 38.7. The lowest BCUT2D eigenvalue weighted by molar-refractivity contribution is -0.143. The minimum absolute atomic E-state index is 0.0275. The van der Waals surface area contributed by atoms with E-state index in [1.807, 2.05) is 6.08 Å². The molecule has 53 heavy (non-hydrogen) atoms. The molecule has 0 bridgehead atoms. The van der Waals surface area contributed by atoms with Gasteiger partial charge in [-0.2, -0.15) is 0 Å². The molecular formula is C47H87NO5. The van der Waals surface area contributed by atoms with Gasteiger partial charge in [-0.05, 0) is 70.6 Å². The first-order valence-corrected chi connectivity index (χ1v) is 22.7. The number of hydrogen-bond acceptors (Lipinski definition) is 5. The van der Waals surface area contributed by atoms with Gasteiger partial charge >= 0.3 is 5.97 Å². The van der Waals surface area contributed by atoms with Crippen LogP contribution in [-0.2, 0) is 14.3 Å². The molecule has 0 fully saturated rings. The summed E-state index contributed by atoms with van der Waals surface area (Å²) in [5.41, 5.74) is 0. The van der Waals surface area contributed by atoms with Crippen molar-refractivity contribution in [1.29, 1.82) is 0 Å². The molecule has 6 heteroatoms. The fraction of sp³-hybridized carbons (Fsp3) is 0.830. The van der Waals surface area contributed by atoms with E-state index in [0.29, 0.717) is 32.3 Å². The van der Waals surface area contributed by atoms with Gasteiger partial charge < -0.3 is 20.3 Å². The molecule has 0 heterocycles. The number of nitrogens with one attached hydrogen (secondary N) is 1. The molecule has 6 nitrogen and oxygen atoms in total. The number of aliphatic hydroxyl groups excluding tert-OH is 2. The van der Waals surface area contributed by atoms with Crippen LogP contribution in [0.2, 0.25) is 0 Å². The molecule has 3 N–H and O–H groups in total. The van der Waals surface area contributed by atoms with Gasteiger partial charge in [0.05, 0.1) is 25.4 Å². The number of amides is 1. The molecule has 2 unspecified atom stereocenters. The van der Waals surface area contributed by atoms with Crippen molar-refractivity contribution >= 4 is 11.9 Å². The molecule has 0 aliphatic rings. The van der Waals surface area contributed by atoms with Gasteiger partial charge in [-0.3, -0.25) is 9.59 Å². The smallest absolute Gasteiger partial charge is 0.305 e. The Morgan fingerprint density at radius 1 is 0.528 bits per heavy atom. The molecule has 2 atom stereocenters. The Morgan fingerprint density at radius 3 is 1.51 bits per heavy atom. The van der Waals surface area contributed by atoms with Crippen LogP contribution in [0.25, 0.3) is 0 Å². The van der Waals surface area contributed by atoms with Crippen LogP contribution < -0.4 is 5.32 Å². The molecule has 0 aliphatic carbocycles. The predicted molar refractivity (Wildman–Crippen MR) is 227 cm³/mol. The highest BCUT2D eigenvalue weighted by Gasteiger charge is 2.19. The van der Waals surface area contributed by atoms with Crippen LogP contribution in [0.15, 0.2) is 36.5 Å². The lowest BCUT2D eigenvalue weighted by Crippen LogP contribution is -2.45. The Kier molecular flexibility index (Phi) is 41.3. The van der Waals surface area contributed by atoms with Gasteiger partial charge in [0.2, 0.25) is 5.91 Å². The van der Waals surface area contributed by atoms with Gasteiger partial charge in [-0.25, -0.2) is 0 Å². The zero-order valence-corrected chi connectivity index (χ0v) is 35.0. The second-order valence-electron chi connectivity index (χ2n) is 15.4. The Hall–Kier alpha value is -1.92. The topological polar surface area (TPSA) is 95.9 Å². The minimum Gasteiger partial charge on any atom is -0.466 e. The lowest BCUT2D eigenvalue weighted by Gasteiger charge is -2.22. The van der Waals surface area contributed by atoms with Gasteiger partial charge in [0.25, 0.3) is 0 Å². The number of carbonyl (C=O) groups is 2. The summed E-state index contributed by atoms with van der Waals surface area (Å²) in [5, 5.41) is 23.0. The number of allylic oxidation sites excluding steroid dienone is 6. The molecule has 0 saturated heterocycles. The minimum atomic E-state index is -0.697. The Bertz CT molecular complexity index is 869. The summed E-state index contributed by atoms with van der Waals surface area (Å²) in [6, 6.07) is -0.583. The molecule has 0 spiro atoms. The van der Waals surface area contributed by atoms with E-state index in [9.17, 15) is 19.8 Å². The van der Waals surface area contributed by atoms with E-state index in [1.165, 1.54) is 135 Å². The normalized spacial score (nSPS) is 13.1. The molecule has 0 aliphatic heterocycles. The van der Waals surface area contributed by atoms with Crippen LogP contribution in [0.5, 0.6) is 0 Å². The summed E-state index contributed by atoms with van der Waals surface area (Å²) in [4.78, 5) is 24.3. The van der Waals surface area contributed by atoms with Crippen molar-refractivity contribution in [2.24, 2.45) is 0 Å². The fourth-order valence-electron chi connectivity index (χ4n) is 6.62. The van der Waals surface area contributed by atoms with Crippen LogP contribution in [0, 0.1) is 0 Å². The van der Waals surface area contributed by atoms with Crippen molar-refractivity contribution in [3.8, 4) is 0 Å². The van der Waals surface area contributed by atoms with Crippen LogP contribution in [0.4, 0.5) is 0 Å². The second kappa shape index (κ2) is 42.8. The van der Waals surface area contributed by atoms with Gasteiger partial charge in [-0.1, -0.05) is 179 Å². The summed E-state index contributed by atoms with van der Waals surface area (Å²) in [7, 11) is 0. The molecular weight excluding hydrogens is 659 g/mol. The van der Waals surface area contributed by atoms with Gasteiger partial charge in [0.1, 0.15) is 0 Å². The number of aliphatic hydroxyl groups is 2. The lowest BCUT2D eigenvalue weighted by atomic mass is 10.0. The summed E-state index contributed by atoms with van der Waals surface area (Å²) in [6.07, 6.45) is 49.7. The average Bonchev–Trinajstić information content (AvgIpc) is 3.16. The second-order valence-corrected chi connectivity index (χ2v) is 15.4. The SMILES string of the molecule is CCCCCC/C=C\CCCCCCCC(=O)OCCCCCCCC/C=C\C/C=C\CCC(=O)NC(CO)C(O)CCCCCCCCCCCC. The molecule has 310 valence electrons. The highest BCUT2D eigenvalue weighted by Crippen LogP contribution is 2.14. The van der Waals surface area contributed by atoms with E-state index >= 15 is 0 Å². The van der Waals surface area contributed by atoms with Crippen molar-refractivity contribution in [2.45, 2.75) is 238 Å². The standard InChI is InChI=1S/C47H87NO5/c1-3-5-7-9-11-13-15-17-21-25-29-33-37-41-47(52)53-42-38-34-30-26-22-19-16-18-20-24-28-32-36-40-46(51)48-44(43-49)45(50)39-35-31-27-23-14-12-10-8-6-4-2/h13,15,18,20,28,32,44-45,49-50H,3-12,14,16-17,19,21-27,29-31,33-43H2,1-2H3,(H,48,51)/b15-13-,20-18-,32-28-. The van der Waals surface area contributed by atoms with Crippen LogP contribution in [0.3, 0.4) is 0 Å². The van der Waals surface area contributed by atoms with Gasteiger partial charge in [-0.15, -0.1) is 0 Å². The third kappa shape index (κ3) is 39.6. The zero-order valence-electron chi connectivity index (χ0n) is 35.0. The number of esters is 1. The first-order valence-electron chi connectivity index (χ1n) is 22.7. The summed E-state index contributed by atoms with van der Waals surface area (Å²) >= 11 is 0. The molecule has 1 amide bonds. The van der Waals surface area contributed by atoms with Crippen molar-refractivity contribution in [3.63, 3.8) is 0 Å². The largest absolute Gasteiger partial charge is 0.466 e. The third-order valence-corrected chi connectivity index (χ3v) is 10.2. The highest BCUT2D eigenvalue weighted by molar-refractivity contribution is 5.76. The Labute approximate surface area is 328 Å². The van der Waals surface area contributed by atoms with E-state index in [2.05, 4.69) is 49.5 Å². The number of hydrogen-bond donors (Lipinski definition) is 3. The molecule has 0 radical (unpaired) electrons. The van der Waals surface area contributed by atoms with Gasteiger partial charge in [0.15, 0.2) is 0 Å². The first-order chi connectivity index (χ1) is 26.0. The molecule has 0 rings (SSSR count). The van der Waals surface area contributed by atoms with Crippen molar-refractivity contribution in [2.75, 3.05) is 13.2 Å². The number of rotatable bonds is 41. The maximum Gasteiger partial charge on any atom is 0.305 e. The molecule has 0 saturated carbocycles. The first kappa shape index (κ1) is 51.1. The monoisotopic (exact) mass is 746 g/mol. The van der Waals surface area contributed by atoms with E-state index in [4.69, 9.17) is 4.74 Å². The van der Waals surface area contributed by atoms with Crippen molar-refractivity contribution < 1.29 is 24.5 Å². The molecule has 0 aromatic rings. The molecule has 0 aromatic carbocycles. The van der Waals surface area contributed by atoms with Crippen molar-refractivity contribution in [1.82, 2.24) is 5.32 Å². The van der Waals surface area contributed by atoms with Crippen molar-refractivity contribution in [3.05, 3.63) is 36.5 Å². The van der Waals surface area contributed by atoms with Crippen LogP contribution in [0.1, 0.15) is 226 Å². The average molecular weight is 746 g/mol. The summed E-state index contributed by atoms with van der Waals surface area (Å²) in [5.74, 6) is -0.147. The predicted octanol–water partition coefficient (Wildman–Crippen LogP) is 12.9. The summed E-state index contributed by atoms with van der Waals surface area (Å²) in [6.45, 7) is 4.83. The van der Waals surface area contributed by atoms with Gasteiger partial charge in [0, 0.05) is 12.8 Å². The van der Waals surface area contributed by atoms with Crippen LogP contribution >= 0.6 is 0 Å². The van der Waals surface area contributed by atoms with E-state index in [1.54, 1.807) is 0 Å². The van der Waals surface area contributed by atoms with Crippen LogP contribution in [-0.4, -0.2) is 47.4 Å². The number of ether oxygens (including phenoxy) is 1. The Morgan fingerprint density at radius 2 is 0.962 bits per heavy atom. The maximum atomic E-state index is 12.3. The van der Waals surface area contributed by atoms with E-state index < -0.39 is 12.1 Å². The Balaban J connectivity index is 3.57. The quantitative estimate of drug-likeness (QED) is 0.0329.